The van der Waals surface area contributed by atoms with Gasteiger partial charge in [-0.25, -0.2) is 4.79 Å². The summed E-state index contributed by atoms with van der Waals surface area (Å²) in [4.78, 5) is 38.7. The van der Waals surface area contributed by atoms with Crippen molar-refractivity contribution < 1.29 is 19.1 Å². The fourth-order valence-electron chi connectivity index (χ4n) is 4.25. The maximum absolute atomic E-state index is 12.9. The lowest BCUT2D eigenvalue weighted by Gasteiger charge is -2.36. The monoisotopic (exact) mass is 357 g/mol. The van der Waals surface area contributed by atoms with Crippen LogP contribution in [0.25, 0.3) is 0 Å². The summed E-state index contributed by atoms with van der Waals surface area (Å²) in [5.74, 6) is 0.267. The second kappa shape index (κ2) is 6.30. The van der Waals surface area contributed by atoms with Crippen LogP contribution in [0.4, 0.5) is 10.5 Å². The van der Waals surface area contributed by atoms with E-state index in [1.54, 1.807) is 6.07 Å². The number of nitrogens with zero attached hydrogens (tertiary/aromatic N) is 1. The highest BCUT2D eigenvalue weighted by atomic mass is 16.5. The van der Waals surface area contributed by atoms with Gasteiger partial charge in [0.25, 0.3) is 5.91 Å². The van der Waals surface area contributed by atoms with Gasteiger partial charge < -0.3 is 15.4 Å². The van der Waals surface area contributed by atoms with Gasteiger partial charge in [0.15, 0.2) is 0 Å². The molecular weight excluding hydrogens is 334 g/mol. The quantitative estimate of drug-likeness (QED) is 0.811. The third kappa shape index (κ3) is 2.71. The topological polar surface area (TPSA) is 87.7 Å². The zero-order valence-electron chi connectivity index (χ0n) is 14.8. The van der Waals surface area contributed by atoms with Gasteiger partial charge in [-0.1, -0.05) is 19.8 Å². The first-order valence-corrected chi connectivity index (χ1v) is 9.19. The number of benzene rings is 1. The van der Waals surface area contributed by atoms with E-state index in [1.165, 1.54) is 0 Å². The predicted octanol–water partition coefficient (Wildman–Crippen LogP) is 2.06. The average molecular weight is 357 g/mol. The molecule has 4 rings (SSSR count). The lowest BCUT2D eigenvalue weighted by molar-refractivity contribution is -0.136. The summed E-state index contributed by atoms with van der Waals surface area (Å²) in [7, 11) is 0. The number of imide groups is 1. The summed E-state index contributed by atoms with van der Waals surface area (Å²) in [6, 6.07) is 4.99. The van der Waals surface area contributed by atoms with E-state index in [0.29, 0.717) is 18.7 Å². The van der Waals surface area contributed by atoms with Crippen LogP contribution in [0.1, 0.15) is 38.2 Å². The van der Waals surface area contributed by atoms with Crippen LogP contribution in [0.3, 0.4) is 0 Å². The van der Waals surface area contributed by atoms with Crippen LogP contribution in [-0.4, -0.2) is 41.4 Å². The summed E-state index contributed by atoms with van der Waals surface area (Å²) in [6.07, 6.45) is 4.33. The minimum atomic E-state index is -0.833. The second-order valence-electron chi connectivity index (χ2n) is 7.41. The minimum absolute atomic E-state index is 0.0810. The van der Waals surface area contributed by atoms with Crippen molar-refractivity contribution in [3.05, 3.63) is 23.8 Å². The molecule has 1 aromatic rings. The van der Waals surface area contributed by atoms with Crippen molar-refractivity contribution in [2.45, 2.75) is 44.6 Å². The van der Waals surface area contributed by atoms with Gasteiger partial charge in [0.1, 0.15) is 17.8 Å². The smallest absolute Gasteiger partial charge is 0.325 e. The SMILES string of the molecule is C[C@H]1CCCC[C@]12NC(=O)N(CC(=O)Nc1ccc3c(c1)CCO3)C2=O. The third-order valence-corrected chi connectivity index (χ3v) is 5.78. The lowest BCUT2D eigenvalue weighted by Crippen LogP contribution is -2.54. The van der Waals surface area contributed by atoms with Gasteiger partial charge in [-0.2, -0.15) is 0 Å². The van der Waals surface area contributed by atoms with Crippen molar-refractivity contribution in [3.8, 4) is 5.75 Å². The van der Waals surface area contributed by atoms with E-state index in [2.05, 4.69) is 10.6 Å². The Balaban J connectivity index is 1.44. The first-order chi connectivity index (χ1) is 12.5. The Morgan fingerprint density at radius 2 is 2.23 bits per heavy atom. The number of ether oxygens (including phenoxy) is 1. The predicted molar refractivity (Wildman–Crippen MR) is 94.9 cm³/mol. The molecule has 2 N–H and O–H groups in total. The normalized spacial score (nSPS) is 27.3. The third-order valence-electron chi connectivity index (χ3n) is 5.78. The van der Waals surface area contributed by atoms with Crippen molar-refractivity contribution in [1.29, 1.82) is 0 Å². The zero-order chi connectivity index (χ0) is 18.3. The number of fused-ring (bicyclic) bond motifs is 1. The van der Waals surface area contributed by atoms with E-state index in [0.717, 1.165) is 41.9 Å². The average Bonchev–Trinajstić information content (AvgIpc) is 3.16. The number of anilines is 1. The molecule has 2 fully saturated rings. The van der Waals surface area contributed by atoms with Crippen LogP contribution in [0.2, 0.25) is 0 Å². The Labute approximate surface area is 152 Å². The largest absolute Gasteiger partial charge is 0.493 e. The van der Waals surface area contributed by atoms with Crippen molar-refractivity contribution in [3.63, 3.8) is 0 Å². The van der Waals surface area contributed by atoms with Crippen molar-refractivity contribution in [2.24, 2.45) is 5.92 Å². The molecule has 1 spiro atoms. The van der Waals surface area contributed by atoms with Crippen LogP contribution >= 0.6 is 0 Å². The number of hydrogen-bond donors (Lipinski definition) is 2. The van der Waals surface area contributed by atoms with E-state index in [4.69, 9.17) is 4.74 Å². The number of carbonyl (C=O) groups is 3. The van der Waals surface area contributed by atoms with Gasteiger partial charge in [-0.3, -0.25) is 14.5 Å². The van der Waals surface area contributed by atoms with Gasteiger partial charge in [0.05, 0.1) is 6.61 Å². The maximum Gasteiger partial charge on any atom is 0.325 e. The molecule has 0 bridgehead atoms. The van der Waals surface area contributed by atoms with Crippen molar-refractivity contribution in [2.75, 3.05) is 18.5 Å². The minimum Gasteiger partial charge on any atom is -0.493 e. The van der Waals surface area contributed by atoms with E-state index in [9.17, 15) is 14.4 Å². The van der Waals surface area contributed by atoms with Crippen molar-refractivity contribution >= 4 is 23.5 Å². The molecule has 1 aliphatic carbocycles. The van der Waals surface area contributed by atoms with Crippen LogP contribution in [0.5, 0.6) is 5.75 Å². The Morgan fingerprint density at radius 3 is 3.04 bits per heavy atom. The van der Waals surface area contributed by atoms with Gasteiger partial charge in [0, 0.05) is 12.1 Å². The Morgan fingerprint density at radius 1 is 1.38 bits per heavy atom. The second-order valence-corrected chi connectivity index (χ2v) is 7.41. The molecule has 138 valence electrons. The number of carbonyl (C=O) groups excluding carboxylic acids is 3. The van der Waals surface area contributed by atoms with E-state index in [1.807, 2.05) is 19.1 Å². The molecule has 1 saturated heterocycles. The van der Waals surface area contributed by atoms with Gasteiger partial charge in [-0.05, 0) is 42.5 Å². The first-order valence-electron chi connectivity index (χ1n) is 9.19. The molecule has 2 atom stereocenters. The van der Waals surface area contributed by atoms with Crippen LogP contribution in [-0.2, 0) is 16.0 Å². The summed E-state index contributed by atoms with van der Waals surface area (Å²) >= 11 is 0. The summed E-state index contributed by atoms with van der Waals surface area (Å²) in [5, 5.41) is 5.64. The lowest BCUT2D eigenvalue weighted by atomic mass is 9.73. The Hall–Kier alpha value is -2.57. The molecule has 0 aromatic heterocycles. The number of rotatable bonds is 3. The number of nitrogens with one attached hydrogen (secondary N) is 2. The van der Waals surface area contributed by atoms with E-state index in [-0.39, 0.29) is 24.3 Å². The molecule has 7 heteroatoms. The number of hydrogen-bond acceptors (Lipinski definition) is 4. The summed E-state index contributed by atoms with van der Waals surface area (Å²) in [6.45, 7) is 2.37. The molecule has 7 nitrogen and oxygen atoms in total. The van der Waals surface area contributed by atoms with E-state index >= 15 is 0 Å². The first kappa shape index (κ1) is 16.9. The fraction of sp³-hybridized carbons (Fsp3) is 0.526. The highest BCUT2D eigenvalue weighted by Gasteiger charge is 2.55. The van der Waals surface area contributed by atoms with Crippen LogP contribution < -0.4 is 15.4 Å². The molecular formula is C19H23N3O4. The molecule has 2 aliphatic heterocycles. The van der Waals surface area contributed by atoms with Gasteiger partial charge in [0.2, 0.25) is 5.91 Å². The van der Waals surface area contributed by atoms with Crippen molar-refractivity contribution in [1.82, 2.24) is 10.2 Å². The molecule has 26 heavy (non-hydrogen) atoms. The molecule has 1 saturated carbocycles. The fourth-order valence-corrected chi connectivity index (χ4v) is 4.25. The summed E-state index contributed by atoms with van der Waals surface area (Å²) < 4.78 is 5.45. The highest BCUT2D eigenvalue weighted by Crippen LogP contribution is 2.38. The highest BCUT2D eigenvalue weighted by molar-refractivity contribution is 6.10. The maximum atomic E-state index is 12.9. The molecule has 3 aliphatic rings. The number of amides is 4. The Kier molecular flexibility index (Phi) is 4.09. The van der Waals surface area contributed by atoms with Crippen LogP contribution in [0, 0.1) is 5.92 Å². The molecule has 1 aromatic carbocycles. The Bertz CT molecular complexity index is 778. The molecule has 0 radical (unpaired) electrons. The van der Waals surface area contributed by atoms with Crippen LogP contribution in [0.15, 0.2) is 18.2 Å². The standard InChI is InChI=1S/C19H23N3O4/c1-12-4-2-3-8-19(12)17(24)22(18(25)21-19)11-16(23)20-14-5-6-15-13(10-14)7-9-26-15/h5-6,10,12H,2-4,7-9,11H2,1H3,(H,20,23)(H,21,25)/t12-,19-/m0/s1. The summed E-state index contributed by atoms with van der Waals surface area (Å²) in [5.41, 5.74) is 0.861. The van der Waals surface area contributed by atoms with Gasteiger partial charge in [-0.15, -0.1) is 0 Å². The molecule has 4 amide bonds. The van der Waals surface area contributed by atoms with E-state index < -0.39 is 11.6 Å². The number of urea groups is 1. The zero-order valence-corrected chi connectivity index (χ0v) is 14.8. The molecule has 2 heterocycles. The van der Waals surface area contributed by atoms with Gasteiger partial charge >= 0.3 is 6.03 Å². The molecule has 0 unspecified atom stereocenters.